The van der Waals surface area contributed by atoms with Gasteiger partial charge in [-0.3, -0.25) is 9.59 Å². The molecule has 5 rings (SSSR count). The lowest BCUT2D eigenvalue weighted by Crippen LogP contribution is -2.54. The zero-order chi connectivity index (χ0) is 25.8. The molecule has 5 heteroatoms. The number of hydrogen-bond acceptors (Lipinski definition) is 4. The average molecular weight is 500 g/mol. The lowest BCUT2D eigenvalue weighted by atomic mass is 9.44. The molecule has 0 bridgehead atoms. The molecule has 0 spiro atoms. The maximum absolute atomic E-state index is 11.6. The summed E-state index contributed by atoms with van der Waals surface area (Å²) in [6.45, 7) is 13.6. The summed E-state index contributed by atoms with van der Waals surface area (Å²) in [6, 6.07) is 0. The number of carbonyl (C=O) groups is 2. The van der Waals surface area contributed by atoms with E-state index < -0.39 is 0 Å². The van der Waals surface area contributed by atoms with Crippen LogP contribution in [0, 0.1) is 46.3 Å². The molecule has 0 unspecified atom stereocenters. The van der Waals surface area contributed by atoms with Gasteiger partial charge < -0.3 is 14.8 Å². The number of nitrogens with one attached hydrogen (secondary N) is 1. The van der Waals surface area contributed by atoms with Crippen molar-refractivity contribution in [2.24, 2.45) is 46.3 Å². The fourth-order valence-electron chi connectivity index (χ4n) is 9.94. The van der Waals surface area contributed by atoms with Crippen molar-refractivity contribution >= 4 is 11.9 Å². The van der Waals surface area contributed by atoms with Crippen LogP contribution < -0.4 is 5.32 Å². The highest BCUT2D eigenvalue weighted by Crippen LogP contribution is 2.69. The Kier molecular flexibility index (Phi) is 7.00. The van der Waals surface area contributed by atoms with E-state index >= 15 is 0 Å². The zero-order valence-corrected chi connectivity index (χ0v) is 23.5. The Morgan fingerprint density at radius 2 is 1.81 bits per heavy atom. The van der Waals surface area contributed by atoms with Crippen molar-refractivity contribution in [3.8, 4) is 0 Å². The van der Waals surface area contributed by atoms with Gasteiger partial charge in [0.05, 0.1) is 5.76 Å². The first kappa shape index (κ1) is 26.1. The van der Waals surface area contributed by atoms with E-state index in [0.29, 0.717) is 34.7 Å². The molecule has 36 heavy (non-hydrogen) atoms. The van der Waals surface area contributed by atoms with E-state index in [2.05, 4.69) is 33.0 Å². The van der Waals surface area contributed by atoms with E-state index in [4.69, 9.17) is 9.47 Å². The smallest absolute Gasteiger partial charge is 0.302 e. The zero-order valence-electron chi connectivity index (χ0n) is 23.5. The molecule has 4 saturated carbocycles. The minimum atomic E-state index is -0.117. The molecular weight excluding hydrogens is 450 g/mol. The van der Waals surface area contributed by atoms with Gasteiger partial charge in [0, 0.05) is 32.7 Å². The molecule has 0 aromatic rings. The third-order valence-corrected chi connectivity index (χ3v) is 11.7. The fraction of sp³-hybridized carbons (Fsp3) is 0.871. The van der Waals surface area contributed by atoms with Gasteiger partial charge in [0.25, 0.3) is 0 Å². The Morgan fingerprint density at radius 1 is 1.06 bits per heavy atom. The van der Waals surface area contributed by atoms with E-state index in [0.717, 1.165) is 50.0 Å². The summed E-state index contributed by atoms with van der Waals surface area (Å²) in [5, 5.41) is 2.96. The Hall–Kier alpha value is -1.52. The Balaban J connectivity index is 1.26. The van der Waals surface area contributed by atoms with Crippen LogP contribution in [0.1, 0.15) is 106 Å². The minimum absolute atomic E-state index is 0.0544. The van der Waals surface area contributed by atoms with Crippen LogP contribution in [0.3, 0.4) is 0 Å². The number of esters is 1. The van der Waals surface area contributed by atoms with Crippen LogP contribution in [0.2, 0.25) is 0 Å². The van der Waals surface area contributed by atoms with Gasteiger partial charge in [-0.2, -0.15) is 0 Å². The molecule has 5 nitrogen and oxygen atoms in total. The Bertz CT molecular complexity index is 912. The van der Waals surface area contributed by atoms with Crippen LogP contribution in [-0.2, 0) is 19.1 Å². The molecule has 0 aromatic heterocycles. The van der Waals surface area contributed by atoms with E-state index in [1.165, 1.54) is 49.9 Å². The highest BCUT2D eigenvalue weighted by Gasteiger charge is 2.64. The standard InChI is InChI=1S/C31H49NO4/c1-18(17-32-20(3)33)7-10-27-19(2)29-28(36-27)16-26-24-9-8-22-15-23(35-21(4)34)11-13-30(22,5)25(24)12-14-31(26,29)6/h18,22-26,28-29H,7-17H2,1-6H3,(H,32,33)/t18-,22+,23+,24+,25-,26+,28-,29-,30+,31+/m1/s1. The van der Waals surface area contributed by atoms with Crippen molar-refractivity contribution in [2.75, 3.05) is 6.54 Å². The van der Waals surface area contributed by atoms with Gasteiger partial charge in [-0.05, 0) is 111 Å². The van der Waals surface area contributed by atoms with E-state index in [1.807, 2.05) is 0 Å². The number of amides is 1. The van der Waals surface area contributed by atoms with Crippen molar-refractivity contribution in [1.29, 1.82) is 0 Å². The number of carbonyl (C=O) groups excluding carboxylic acids is 2. The third kappa shape index (κ3) is 4.41. The van der Waals surface area contributed by atoms with Crippen LogP contribution in [0.5, 0.6) is 0 Å². The number of ether oxygens (including phenoxy) is 2. The van der Waals surface area contributed by atoms with E-state index in [-0.39, 0.29) is 18.0 Å². The van der Waals surface area contributed by atoms with Gasteiger partial charge in [0.1, 0.15) is 12.2 Å². The average Bonchev–Trinajstić information content (AvgIpc) is 3.29. The maximum atomic E-state index is 11.6. The van der Waals surface area contributed by atoms with Crippen molar-refractivity contribution in [2.45, 2.75) is 118 Å². The molecule has 0 radical (unpaired) electrons. The molecule has 5 aliphatic rings. The minimum Gasteiger partial charge on any atom is -0.494 e. The second-order valence-corrected chi connectivity index (χ2v) is 13.8. The molecule has 4 fully saturated rings. The molecule has 10 atom stereocenters. The van der Waals surface area contributed by atoms with Gasteiger partial charge in [0.15, 0.2) is 0 Å². The largest absolute Gasteiger partial charge is 0.494 e. The van der Waals surface area contributed by atoms with Gasteiger partial charge in [-0.15, -0.1) is 0 Å². The quantitative estimate of drug-likeness (QED) is 0.429. The van der Waals surface area contributed by atoms with Crippen LogP contribution in [0.15, 0.2) is 11.3 Å². The molecule has 0 saturated heterocycles. The normalized spacial score (nSPS) is 44.0. The van der Waals surface area contributed by atoms with E-state index in [1.54, 1.807) is 13.8 Å². The number of hydrogen-bond donors (Lipinski definition) is 1. The summed E-state index contributed by atoms with van der Waals surface area (Å²) in [6.07, 6.45) is 12.4. The van der Waals surface area contributed by atoms with Gasteiger partial charge in [0.2, 0.25) is 5.91 Å². The first-order valence-electron chi connectivity index (χ1n) is 14.8. The molecule has 4 aliphatic carbocycles. The first-order chi connectivity index (χ1) is 17.0. The highest BCUT2D eigenvalue weighted by molar-refractivity contribution is 5.72. The number of allylic oxidation sites excluding steroid dienone is 1. The van der Waals surface area contributed by atoms with Gasteiger partial charge in [-0.25, -0.2) is 0 Å². The topological polar surface area (TPSA) is 64.6 Å². The van der Waals surface area contributed by atoms with Crippen LogP contribution >= 0.6 is 0 Å². The summed E-state index contributed by atoms with van der Waals surface area (Å²) in [7, 11) is 0. The molecule has 1 heterocycles. The van der Waals surface area contributed by atoms with Gasteiger partial charge >= 0.3 is 5.97 Å². The predicted octanol–water partition coefficient (Wildman–Crippen LogP) is 6.41. The fourth-order valence-corrected chi connectivity index (χ4v) is 9.94. The molecule has 202 valence electrons. The maximum Gasteiger partial charge on any atom is 0.302 e. The summed E-state index contributed by atoms with van der Waals surface area (Å²) in [5.74, 6) is 5.32. The Morgan fingerprint density at radius 3 is 2.53 bits per heavy atom. The van der Waals surface area contributed by atoms with Crippen molar-refractivity contribution in [3.63, 3.8) is 0 Å². The van der Waals surface area contributed by atoms with Crippen molar-refractivity contribution < 1.29 is 19.1 Å². The lowest BCUT2D eigenvalue weighted by Gasteiger charge is -2.61. The summed E-state index contributed by atoms with van der Waals surface area (Å²) < 4.78 is 12.4. The van der Waals surface area contributed by atoms with Gasteiger partial charge in [-0.1, -0.05) is 20.8 Å². The molecule has 1 N–H and O–H groups in total. The van der Waals surface area contributed by atoms with Crippen LogP contribution in [-0.4, -0.2) is 30.6 Å². The third-order valence-electron chi connectivity index (χ3n) is 11.7. The number of rotatable bonds is 6. The SMILES string of the molecule is CC(=O)NC[C@H](C)CCC1=C(C)[C@@H]2[C@@H](C[C@H]3[C@H]4CC[C@H]5C[C@@H](OC(C)=O)CC[C@]5(C)[C@@H]4CC[C@]23C)O1. The lowest BCUT2D eigenvalue weighted by molar-refractivity contribution is -0.159. The molecule has 1 amide bonds. The second kappa shape index (κ2) is 9.66. The molecular formula is C31H49NO4. The molecule has 1 aliphatic heterocycles. The second-order valence-electron chi connectivity index (χ2n) is 13.8. The number of fused-ring (bicyclic) bond motifs is 7. The molecule has 0 aromatic carbocycles. The predicted molar refractivity (Wildman–Crippen MR) is 141 cm³/mol. The first-order valence-corrected chi connectivity index (χ1v) is 14.8. The van der Waals surface area contributed by atoms with Crippen LogP contribution in [0.4, 0.5) is 0 Å². The summed E-state index contributed by atoms with van der Waals surface area (Å²) in [5.41, 5.74) is 2.29. The monoisotopic (exact) mass is 499 g/mol. The van der Waals surface area contributed by atoms with E-state index in [9.17, 15) is 9.59 Å². The van der Waals surface area contributed by atoms with Crippen molar-refractivity contribution in [3.05, 3.63) is 11.3 Å². The van der Waals surface area contributed by atoms with Crippen LogP contribution in [0.25, 0.3) is 0 Å². The Labute approximate surface area is 218 Å². The highest BCUT2D eigenvalue weighted by atomic mass is 16.5. The van der Waals surface area contributed by atoms with Crippen molar-refractivity contribution in [1.82, 2.24) is 5.32 Å². The summed E-state index contributed by atoms with van der Waals surface area (Å²) in [4.78, 5) is 22.8. The summed E-state index contributed by atoms with van der Waals surface area (Å²) >= 11 is 0.